The van der Waals surface area contributed by atoms with Crippen molar-refractivity contribution < 1.29 is 4.79 Å². The van der Waals surface area contributed by atoms with E-state index >= 15 is 0 Å². The SMILES string of the molecule is CC(C)N1CCN(C(=O)C2Cc3ccccc3N2)CC1. The van der Waals surface area contributed by atoms with E-state index in [2.05, 4.69) is 36.2 Å². The summed E-state index contributed by atoms with van der Waals surface area (Å²) in [6.45, 7) is 8.11. The number of anilines is 1. The lowest BCUT2D eigenvalue weighted by Crippen LogP contribution is -2.53. The first-order valence-corrected chi connectivity index (χ1v) is 7.52. The quantitative estimate of drug-likeness (QED) is 0.888. The van der Waals surface area contributed by atoms with Gasteiger partial charge in [-0.15, -0.1) is 0 Å². The van der Waals surface area contributed by atoms with Gasteiger partial charge in [0.05, 0.1) is 0 Å². The molecule has 2 aliphatic heterocycles. The van der Waals surface area contributed by atoms with Crippen molar-refractivity contribution in [2.24, 2.45) is 0 Å². The van der Waals surface area contributed by atoms with E-state index in [4.69, 9.17) is 0 Å². The fraction of sp³-hybridized carbons (Fsp3) is 0.562. The molecule has 4 nitrogen and oxygen atoms in total. The standard InChI is InChI=1S/C16H23N3O/c1-12(2)18-7-9-19(10-8-18)16(20)15-11-13-5-3-4-6-14(13)17-15/h3-6,12,15,17H,7-11H2,1-2H3. The highest BCUT2D eigenvalue weighted by Crippen LogP contribution is 2.26. The fourth-order valence-electron chi connectivity index (χ4n) is 3.13. The lowest BCUT2D eigenvalue weighted by Gasteiger charge is -2.37. The van der Waals surface area contributed by atoms with Crippen LogP contribution >= 0.6 is 0 Å². The number of fused-ring (bicyclic) bond motifs is 1. The summed E-state index contributed by atoms with van der Waals surface area (Å²) in [7, 11) is 0. The van der Waals surface area contributed by atoms with Crippen LogP contribution in [0.4, 0.5) is 5.69 Å². The highest BCUT2D eigenvalue weighted by molar-refractivity contribution is 5.87. The molecule has 1 aromatic rings. The molecule has 1 atom stereocenters. The van der Waals surface area contributed by atoms with E-state index in [9.17, 15) is 4.79 Å². The number of piperazine rings is 1. The summed E-state index contributed by atoms with van der Waals surface area (Å²) in [6.07, 6.45) is 0.819. The van der Waals surface area contributed by atoms with Crippen LogP contribution in [0.2, 0.25) is 0 Å². The average molecular weight is 273 g/mol. The maximum atomic E-state index is 12.6. The summed E-state index contributed by atoms with van der Waals surface area (Å²) in [4.78, 5) is 17.0. The second kappa shape index (κ2) is 5.44. The second-order valence-corrected chi connectivity index (χ2v) is 6.01. The first-order valence-electron chi connectivity index (χ1n) is 7.52. The molecule has 108 valence electrons. The molecule has 0 saturated carbocycles. The summed E-state index contributed by atoms with van der Waals surface area (Å²) in [5, 5.41) is 3.36. The van der Waals surface area contributed by atoms with Crippen molar-refractivity contribution in [2.75, 3.05) is 31.5 Å². The Balaban J connectivity index is 1.59. The third-order valence-corrected chi connectivity index (χ3v) is 4.43. The molecule has 0 spiro atoms. The molecule has 1 saturated heterocycles. The van der Waals surface area contributed by atoms with E-state index in [1.54, 1.807) is 0 Å². The van der Waals surface area contributed by atoms with Crippen molar-refractivity contribution in [1.82, 2.24) is 9.80 Å². The van der Waals surface area contributed by atoms with Gasteiger partial charge in [-0.05, 0) is 25.5 Å². The second-order valence-electron chi connectivity index (χ2n) is 6.01. The van der Waals surface area contributed by atoms with Gasteiger partial charge in [-0.2, -0.15) is 0 Å². The van der Waals surface area contributed by atoms with Gasteiger partial charge in [-0.25, -0.2) is 0 Å². The van der Waals surface area contributed by atoms with E-state index in [0.29, 0.717) is 6.04 Å². The molecular weight excluding hydrogens is 250 g/mol. The third-order valence-electron chi connectivity index (χ3n) is 4.43. The zero-order valence-electron chi connectivity index (χ0n) is 12.3. The minimum absolute atomic E-state index is 0.0713. The molecule has 1 N–H and O–H groups in total. The molecule has 0 aliphatic carbocycles. The van der Waals surface area contributed by atoms with Crippen molar-refractivity contribution in [3.8, 4) is 0 Å². The molecule has 4 heteroatoms. The largest absolute Gasteiger partial charge is 0.373 e. The van der Waals surface area contributed by atoms with Gasteiger partial charge in [-0.1, -0.05) is 18.2 Å². The van der Waals surface area contributed by atoms with Gasteiger partial charge in [0.25, 0.3) is 0 Å². The number of para-hydroxylation sites is 1. The Hall–Kier alpha value is -1.55. The van der Waals surface area contributed by atoms with E-state index in [0.717, 1.165) is 38.3 Å². The molecule has 0 bridgehead atoms. The number of carbonyl (C=O) groups is 1. The average Bonchev–Trinajstić information content (AvgIpc) is 2.90. The Bertz CT molecular complexity index is 467. The van der Waals surface area contributed by atoms with Gasteiger partial charge in [0.1, 0.15) is 6.04 Å². The number of hydrogen-bond acceptors (Lipinski definition) is 3. The van der Waals surface area contributed by atoms with Crippen LogP contribution < -0.4 is 5.32 Å². The van der Waals surface area contributed by atoms with Gasteiger partial charge in [0.2, 0.25) is 5.91 Å². The summed E-state index contributed by atoms with van der Waals surface area (Å²) >= 11 is 0. The maximum Gasteiger partial charge on any atom is 0.245 e. The molecule has 0 radical (unpaired) electrons. The van der Waals surface area contributed by atoms with Crippen LogP contribution in [0, 0.1) is 0 Å². The normalized spacial score (nSPS) is 22.8. The van der Waals surface area contributed by atoms with Gasteiger partial charge in [-0.3, -0.25) is 9.69 Å². The topological polar surface area (TPSA) is 35.6 Å². The zero-order valence-corrected chi connectivity index (χ0v) is 12.3. The van der Waals surface area contributed by atoms with Crippen molar-refractivity contribution in [2.45, 2.75) is 32.4 Å². The molecule has 2 heterocycles. The first kappa shape index (κ1) is 13.4. The Labute approximate surface area is 120 Å². The van der Waals surface area contributed by atoms with E-state index in [1.165, 1.54) is 5.56 Å². The van der Waals surface area contributed by atoms with E-state index in [1.807, 2.05) is 17.0 Å². The lowest BCUT2D eigenvalue weighted by molar-refractivity contribution is -0.133. The molecule has 0 aromatic heterocycles. The van der Waals surface area contributed by atoms with Crippen LogP contribution in [0.1, 0.15) is 19.4 Å². The maximum absolute atomic E-state index is 12.6. The number of amides is 1. The zero-order chi connectivity index (χ0) is 14.1. The van der Waals surface area contributed by atoms with Crippen LogP contribution in [0.5, 0.6) is 0 Å². The summed E-state index contributed by atoms with van der Waals surface area (Å²) in [5.41, 5.74) is 2.37. The van der Waals surface area contributed by atoms with Gasteiger partial charge in [0, 0.05) is 44.3 Å². The summed E-state index contributed by atoms with van der Waals surface area (Å²) in [6, 6.07) is 8.71. The van der Waals surface area contributed by atoms with Gasteiger partial charge >= 0.3 is 0 Å². The van der Waals surface area contributed by atoms with Crippen LogP contribution in [-0.4, -0.2) is 54.0 Å². The minimum Gasteiger partial charge on any atom is -0.373 e. The Morgan fingerprint density at radius 1 is 1.20 bits per heavy atom. The van der Waals surface area contributed by atoms with Gasteiger partial charge in [0.15, 0.2) is 0 Å². The Morgan fingerprint density at radius 2 is 1.90 bits per heavy atom. The molecule has 1 unspecified atom stereocenters. The van der Waals surface area contributed by atoms with E-state index in [-0.39, 0.29) is 11.9 Å². The highest BCUT2D eigenvalue weighted by atomic mass is 16.2. The van der Waals surface area contributed by atoms with Crippen molar-refractivity contribution >= 4 is 11.6 Å². The predicted molar refractivity (Wildman–Crippen MR) is 80.8 cm³/mol. The summed E-state index contributed by atoms with van der Waals surface area (Å²) < 4.78 is 0. The Kier molecular flexibility index (Phi) is 3.66. The highest BCUT2D eigenvalue weighted by Gasteiger charge is 2.31. The fourth-order valence-corrected chi connectivity index (χ4v) is 3.13. The molecule has 1 amide bonds. The van der Waals surface area contributed by atoms with Crippen LogP contribution in [0.3, 0.4) is 0 Å². The smallest absolute Gasteiger partial charge is 0.245 e. The number of benzene rings is 1. The molecule has 20 heavy (non-hydrogen) atoms. The number of rotatable bonds is 2. The number of hydrogen-bond donors (Lipinski definition) is 1. The first-order chi connectivity index (χ1) is 9.65. The van der Waals surface area contributed by atoms with Crippen LogP contribution in [0.15, 0.2) is 24.3 Å². The molecule has 2 aliphatic rings. The van der Waals surface area contributed by atoms with Crippen LogP contribution in [0.25, 0.3) is 0 Å². The summed E-state index contributed by atoms with van der Waals surface area (Å²) in [5.74, 6) is 0.254. The Morgan fingerprint density at radius 3 is 2.55 bits per heavy atom. The van der Waals surface area contributed by atoms with E-state index < -0.39 is 0 Å². The molecule has 1 aromatic carbocycles. The third kappa shape index (κ3) is 2.52. The molecule has 3 rings (SSSR count). The number of nitrogens with zero attached hydrogens (tertiary/aromatic N) is 2. The minimum atomic E-state index is -0.0713. The molecule has 1 fully saturated rings. The van der Waals surface area contributed by atoms with Crippen molar-refractivity contribution in [1.29, 1.82) is 0 Å². The van der Waals surface area contributed by atoms with Crippen LogP contribution in [-0.2, 0) is 11.2 Å². The monoisotopic (exact) mass is 273 g/mol. The number of nitrogens with one attached hydrogen (secondary N) is 1. The predicted octanol–water partition coefficient (Wildman–Crippen LogP) is 1.58. The van der Waals surface area contributed by atoms with Crippen molar-refractivity contribution in [3.05, 3.63) is 29.8 Å². The lowest BCUT2D eigenvalue weighted by atomic mass is 10.1. The molecular formula is C16H23N3O. The van der Waals surface area contributed by atoms with Gasteiger partial charge < -0.3 is 10.2 Å². The van der Waals surface area contributed by atoms with Crippen molar-refractivity contribution in [3.63, 3.8) is 0 Å². The number of carbonyl (C=O) groups excluding carboxylic acids is 1.